The molecule has 1 aromatic carbocycles. The fraction of sp³-hybridized carbons (Fsp3) is 0.632. The van der Waals surface area contributed by atoms with Crippen molar-refractivity contribution in [3.63, 3.8) is 0 Å². The molecule has 132 valence electrons. The maximum absolute atomic E-state index is 12.4. The molecule has 2 aliphatic rings. The summed E-state index contributed by atoms with van der Waals surface area (Å²) in [6, 6.07) is 10.1. The van der Waals surface area contributed by atoms with Gasteiger partial charge in [0.2, 0.25) is 0 Å². The highest BCUT2D eigenvalue weighted by Crippen LogP contribution is 2.37. The molecule has 2 saturated heterocycles. The van der Waals surface area contributed by atoms with Crippen LogP contribution in [0.1, 0.15) is 38.2 Å². The number of hydrogen-bond acceptors (Lipinski definition) is 4. The van der Waals surface area contributed by atoms with Gasteiger partial charge in [0.1, 0.15) is 5.78 Å². The maximum Gasteiger partial charge on any atom is 0.150 e. The first kappa shape index (κ1) is 17.6. The van der Waals surface area contributed by atoms with E-state index in [0.717, 1.165) is 50.9 Å². The van der Waals surface area contributed by atoms with Gasteiger partial charge < -0.3 is 4.90 Å². The van der Waals surface area contributed by atoms with Crippen molar-refractivity contribution in [3.05, 3.63) is 35.9 Å². The normalized spacial score (nSPS) is 26.8. The van der Waals surface area contributed by atoms with Gasteiger partial charge in [-0.3, -0.25) is 4.79 Å². The molecule has 1 atom stereocenters. The van der Waals surface area contributed by atoms with Crippen LogP contribution in [-0.4, -0.2) is 50.2 Å². The van der Waals surface area contributed by atoms with Gasteiger partial charge in [0.15, 0.2) is 9.84 Å². The minimum absolute atomic E-state index is 0.244. The Morgan fingerprint density at radius 1 is 1.21 bits per heavy atom. The van der Waals surface area contributed by atoms with Crippen molar-refractivity contribution in [2.45, 2.75) is 38.0 Å². The van der Waals surface area contributed by atoms with Crippen molar-refractivity contribution in [1.29, 1.82) is 0 Å². The van der Waals surface area contributed by atoms with Crippen LogP contribution >= 0.6 is 0 Å². The van der Waals surface area contributed by atoms with Gasteiger partial charge in [-0.2, -0.15) is 0 Å². The third-order valence-corrected chi connectivity index (χ3v) is 7.67. The minimum atomic E-state index is -2.84. The minimum Gasteiger partial charge on any atom is -0.303 e. The van der Waals surface area contributed by atoms with Crippen molar-refractivity contribution >= 4 is 15.6 Å². The van der Waals surface area contributed by atoms with Crippen molar-refractivity contribution in [2.24, 2.45) is 5.92 Å². The standard InChI is InChI=1S/C19H27NO3S/c1-16(21)19(18-7-3-2-4-8-18)9-11-20(12-10-19)14-17-6-5-13-24(22,23)15-17/h2-4,7-8,17H,5-6,9-15H2,1H3/t17-/m0/s1. The van der Waals surface area contributed by atoms with Crippen LogP contribution in [0, 0.1) is 5.92 Å². The largest absolute Gasteiger partial charge is 0.303 e. The summed E-state index contributed by atoms with van der Waals surface area (Å²) in [4.78, 5) is 14.8. The Bertz CT molecular complexity index is 676. The molecule has 0 unspecified atom stereocenters. The summed E-state index contributed by atoms with van der Waals surface area (Å²) in [5, 5.41) is 0. The number of sulfone groups is 1. The highest BCUT2D eigenvalue weighted by molar-refractivity contribution is 7.91. The SMILES string of the molecule is CC(=O)C1(c2ccccc2)CCN(C[C@@H]2CCCS(=O)(=O)C2)CC1. The lowest BCUT2D eigenvalue weighted by atomic mass is 9.70. The molecule has 0 saturated carbocycles. The van der Waals surface area contributed by atoms with Gasteiger partial charge in [0, 0.05) is 6.54 Å². The van der Waals surface area contributed by atoms with Crippen LogP contribution in [0.2, 0.25) is 0 Å². The number of Topliss-reactive ketones (excluding diaryl/α,β-unsaturated/α-hetero) is 1. The fourth-order valence-corrected chi connectivity index (χ4v) is 6.11. The van der Waals surface area contributed by atoms with Gasteiger partial charge in [0.05, 0.1) is 16.9 Å². The van der Waals surface area contributed by atoms with Gasteiger partial charge >= 0.3 is 0 Å². The Morgan fingerprint density at radius 2 is 1.88 bits per heavy atom. The lowest BCUT2D eigenvalue weighted by Gasteiger charge is -2.42. The zero-order valence-electron chi connectivity index (χ0n) is 14.4. The third-order valence-electron chi connectivity index (χ3n) is 5.78. The summed E-state index contributed by atoms with van der Waals surface area (Å²) in [5.74, 6) is 1.18. The molecule has 0 N–H and O–H groups in total. The van der Waals surface area contributed by atoms with E-state index in [1.807, 2.05) is 18.2 Å². The van der Waals surface area contributed by atoms with E-state index in [4.69, 9.17) is 0 Å². The van der Waals surface area contributed by atoms with Crippen LogP contribution in [0.4, 0.5) is 0 Å². The summed E-state index contributed by atoms with van der Waals surface area (Å²) in [6.07, 6.45) is 3.45. The first-order valence-electron chi connectivity index (χ1n) is 8.91. The highest BCUT2D eigenvalue weighted by Gasteiger charge is 2.40. The summed E-state index contributed by atoms with van der Waals surface area (Å²) >= 11 is 0. The molecule has 0 radical (unpaired) electrons. The second kappa shape index (κ2) is 6.96. The molecule has 2 aliphatic heterocycles. The predicted molar refractivity (Wildman–Crippen MR) is 95.9 cm³/mol. The Morgan fingerprint density at radius 3 is 2.46 bits per heavy atom. The summed E-state index contributed by atoms with van der Waals surface area (Å²) < 4.78 is 23.6. The second-order valence-electron chi connectivity index (χ2n) is 7.43. The second-order valence-corrected chi connectivity index (χ2v) is 9.66. The molecule has 1 aromatic rings. The van der Waals surface area contributed by atoms with Crippen molar-refractivity contribution in [1.82, 2.24) is 4.90 Å². The number of hydrogen-bond donors (Lipinski definition) is 0. The number of carbonyl (C=O) groups excluding carboxylic acids is 1. The van der Waals surface area contributed by atoms with E-state index in [1.165, 1.54) is 0 Å². The number of nitrogens with zero attached hydrogens (tertiary/aromatic N) is 1. The van der Waals surface area contributed by atoms with Crippen LogP contribution in [0.5, 0.6) is 0 Å². The number of piperidine rings is 1. The quantitative estimate of drug-likeness (QED) is 0.838. The summed E-state index contributed by atoms with van der Waals surface area (Å²) in [5.41, 5.74) is 0.758. The van der Waals surface area contributed by atoms with Crippen LogP contribution in [0.3, 0.4) is 0 Å². The van der Waals surface area contributed by atoms with Crippen molar-refractivity contribution < 1.29 is 13.2 Å². The van der Waals surface area contributed by atoms with Crippen LogP contribution < -0.4 is 0 Å². The van der Waals surface area contributed by atoms with Crippen LogP contribution in [0.25, 0.3) is 0 Å². The van der Waals surface area contributed by atoms with E-state index in [0.29, 0.717) is 11.5 Å². The first-order valence-corrected chi connectivity index (χ1v) is 10.7. The molecule has 5 heteroatoms. The Kier molecular flexibility index (Phi) is 5.11. The molecule has 0 aliphatic carbocycles. The Hall–Kier alpha value is -1.20. The molecule has 0 spiro atoms. The van der Waals surface area contributed by atoms with E-state index in [2.05, 4.69) is 17.0 Å². The number of carbonyl (C=O) groups is 1. The average Bonchev–Trinajstić information content (AvgIpc) is 2.55. The molecular formula is C19H27NO3S. The number of ketones is 1. The summed E-state index contributed by atoms with van der Waals surface area (Å²) in [7, 11) is -2.84. The molecule has 0 aromatic heterocycles. The zero-order valence-corrected chi connectivity index (χ0v) is 15.2. The molecule has 24 heavy (non-hydrogen) atoms. The Labute approximate surface area is 145 Å². The molecule has 2 heterocycles. The lowest BCUT2D eigenvalue weighted by molar-refractivity contribution is -0.124. The van der Waals surface area contributed by atoms with E-state index >= 15 is 0 Å². The predicted octanol–water partition coefficient (Wildman–Crippen LogP) is 2.43. The monoisotopic (exact) mass is 349 g/mol. The van der Waals surface area contributed by atoms with Crippen LogP contribution in [0.15, 0.2) is 30.3 Å². The molecule has 0 bridgehead atoms. The molecule has 4 nitrogen and oxygen atoms in total. The third kappa shape index (κ3) is 3.72. The van der Waals surface area contributed by atoms with Gasteiger partial charge in [-0.1, -0.05) is 30.3 Å². The van der Waals surface area contributed by atoms with E-state index in [-0.39, 0.29) is 17.1 Å². The molecular weight excluding hydrogens is 322 g/mol. The van der Waals surface area contributed by atoms with Crippen molar-refractivity contribution in [3.8, 4) is 0 Å². The number of likely N-dealkylation sites (tertiary alicyclic amines) is 1. The molecule has 0 amide bonds. The summed E-state index contributed by atoms with van der Waals surface area (Å²) in [6.45, 7) is 4.29. The molecule has 2 fully saturated rings. The first-order chi connectivity index (χ1) is 11.4. The number of rotatable bonds is 4. The van der Waals surface area contributed by atoms with Gasteiger partial charge in [-0.15, -0.1) is 0 Å². The zero-order chi connectivity index (χ0) is 17.2. The maximum atomic E-state index is 12.4. The van der Waals surface area contributed by atoms with Crippen molar-refractivity contribution in [2.75, 3.05) is 31.1 Å². The van der Waals surface area contributed by atoms with Crippen LogP contribution in [-0.2, 0) is 20.0 Å². The van der Waals surface area contributed by atoms with E-state index < -0.39 is 9.84 Å². The van der Waals surface area contributed by atoms with E-state index in [9.17, 15) is 13.2 Å². The Balaban J connectivity index is 1.65. The van der Waals surface area contributed by atoms with Gasteiger partial charge in [-0.05, 0) is 57.2 Å². The topological polar surface area (TPSA) is 54.5 Å². The molecule has 3 rings (SSSR count). The lowest BCUT2D eigenvalue weighted by Crippen LogP contribution is -2.48. The number of benzene rings is 1. The van der Waals surface area contributed by atoms with E-state index in [1.54, 1.807) is 6.92 Å². The average molecular weight is 349 g/mol. The highest BCUT2D eigenvalue weighted by atomic mass is 32.2. The smallest absolute Gasteiger partial charge is 0.150 e. The van der Waals surface area contributed by atoms with Gasteiger partial charge in [-0.25, -0.2) is 8.42 Å². The fourth-order valence-electron chi connectivity index (χ4n) is 4.35. The van der Waals surface area contributed by atoms with Gasteiger partial charge in [0.25, 0.3) is 0 Å².